The van der Waals surface area contributed by atoms with Gasteiger partial charge < -0.3 is 5.32 Å². The molecule has 1 aromatic heterocycles. The summed E-state index contributed by atoms with van der Waals surface area (Å²) < 4.78 is 1.72. The van der Waals surface area contributed by atoms with Crippen LogP contribution in [0, 0.1) is 6.92 Å². The molecule has 110 valence electrons. The Labute approximate surface area is 124 Å². The van der Waals surface area contributed by atoms with Gasteiger partial charge in [-0.3, -0.25) is 14.3 Å². The van der Waals surface area contributed by atoms with Gasteiger partial charge in [0.25, 0.3) is 0 Å². The second-order valence-electron chi connectivity index (χ2n) is 5.16. The lowest BCUT2D eigenvalue weighted by Crippen LogP contribution is -2.12. The molecule has 1 heterocycles. The number of nitrogens with one attached hydrogen (secondary N) is 1. The van der Waals surface area contributed by atoms with Crippen LogP contribution < -0.4 is 5.32 Å². The Morgan fingerprint density at radius 3 is 2.67 bits per heavy atom. The van der Waals surface area contributed by atoms with E-state index in [-0.39, 0.29) is 11.7 Å². The van der Waals surface area contributed by atoms with Crippen LogP contribution in [0.4, 0.5) is 5.69 Å². The van der Waals surface area contributed by atoms with Gasteiger partial charge in [0.1, 0.15) is 0 Å². The molecular weight excluding hydrogens is 266 g/mol. The third-order valence-electron chi connectivity index (χ3n) is 3.29. The molecule has 0 spiro atoms. The van der Waals surface area contributed by atoms with E-state index in [0.717, 1.165) is 11.1 Å². The average molecular weight is 285 g/mol. The Morgan fingerprint density at radius 2 is 2.10 bits per heavy atom. The fraction of sp³-hybridized carbons (Fsp3) is 0.312. The predicted molar refractivity (Wildman–Crippen MR) is 81.3 cm³/mol. The zero-order valence-corrected chi connectivity index (χ0v) is 12.5. The maximum absolute atomic E-state index is 11.9. The second kappa shape index (κ2) is 6.35. The molecule has 1 amide bonds. The van der Waals surface area contributed by atoms with Gasteiger partial charge in [0.2, 0.25) is 5.91 Å². The normalized spacial score (nSPS) is 10.4. The van der Waals surface area contributed by atoms with E-state index in [2.05, 4.69) is 10.4 Å². The molecule has 5 nitrogen and oxygen atoms in total. The Balaban J connectivity index is 1.93. The molecule has 0 aliphatic heterocycles. The quantitative estimate of drug-likeness (QED) is 0.858. The lowest BCUT2D eigenvalue weighted by Gasteiger charge is -2.08. The number of amides is 1. The summed E-state index contributed by atoms with van der Waals surface area (Å²) in [6.07, 6.45) is 4.72. The van der Waals surface area contributed by atoms with E-state index < -0.39 is 0 Å². The summed E-state index contributed by atoms with van der Waals surface area (Å²) in [6, 6.07) is 5.32. The number of hydrogen-bond acceptors (Lipinski definition) is 3. The van der Waals surface area contributed by atoms with Crippen LogP contribution in [0.25, 0.3) is 0 Å². The van der Waals surface area contributed by atoms with Crippen molar-refractivity contribution in [2.45, 2.75) is 26.7 Å². The van der Waals surface area contributed by atoms with Crippen molar-refractivity contribution in [3.63, 3.8) is 0 Å². The number of carbonyl (C=O) groups excluding carboxylic acids is 2. The van der Waals surface area contributed by atoms with Crippen molar-refractivity contribution in [3.05, 3.63) is 47.3 Å². The number of aryl methyl sites for hydroxylation is 3. The highest BCUT2D eigenvalue weighted by Crippen LogP contribution is 2.16. The molecule has 0 aliphatic carbocycles. The first-order valence-electron chi connectivity index (χ1n) is 6.84. The van der Waals surface area contributed by atoms with Crippen LogP contribution in [0.2, 0.25) is 0 Å². The van der Waals surface area contributed by atoms with E-state index in [4.69, 9.17) is 0 Å². The maximum Gasteiger partial charge on any atom is 0.224 e. The van der Waals surface area contributed by atoms with Gasteiger partial charge in [-0.25, -0.2) is 0 Å². The Bertz CT molecular complexity index is 674. The zero-order chi connectivity index (χ0) is 15.4. The largest absolute Gasteiger partial charge is 0.326 e. The number of anilines is 1. The van der Waals surface area contributed by atoms with E-state index in [9.17, 15) is 9.59 Å². The zero-order valence-electron chi connectivity index (χ0n) is 12.5. The first-order chi connectivity index (χ1) is 9.95. The first kappa shape index (κ1) is 15.0. The van der Waals surface area contributed by atoms with E-state index >= 15 is 0 Å². The van der Waals surface area contributed by atoms with Gasteiger partial charge in [0, 0.05) is 30.9 Å². The molecule has 0 radical (unpaired) electrons. The highest BCUT2D eigenvalue weighted by Gasteiger charge is 2.07. The van der Waals surface area contributed by atoms with Crippen LogP contribution in [0.15, 0.2) is 30.6 Å². The standard InChI is InChI=1S/C16H19N3O2/c1-11-8-14(5-6-15(11)12(2)20)18-16(21)7-4-13-9-17-19(3)10-13/h5-6,8-10H,4,7H2,1-3H3,(H,18,21). The van der Waals surface area contributed by atoms with Gasteiger partial charge in [-0.1, -0.05) is 0 Å². The number of carbonyl (C=O) groups is 2. The van der Waals surface area contributed by atoms with Gasteiger partial charge in [-0.05, 0) is 49.6 Å². The summed E-state index contributed by atoms with van der Waals surface area (Å²) in [5, 5.41) is 6.92. The summed E-state index contributed by atoms with van der Waals surface area (Å²) in [7, 11) is 1.85. The molecule has 0 bridgehead atoms. The number of Topliss-reactive ketones (excluding diaryl/α,β-unsaturated/α-hetero) is 1. The first-order valence-corrected chi connectivity index (χ1v) is 6.84. The fourth-order valence-corrected chi connectivity index (χ4v) is 2.22. The number of ketones is 1. The van der Waals surface area contributed by atoms with Crippen LogP contribution in [0.1, 0.15) is 34.8 Å². The number of rotatable bonds is 5. The third-order valence-corrected chi connectivity index (χ3v) is 3.29. The minimum absolute atomic E-state index is 0.0296. The molecule has 2 rings (SSSR count). The fourth-order valence-electron chi connectivity index (χ4n) is 2.22. The number of benzene rings is 1. The number of nitrogens with zero attached hydrogens (tertiary/aromatic N) is 2. The van der Waals surface area contributed by atoms with Crippen molar-refractivity contribution in [2.24, 2.45) is 7.05 Å². The van der Waals surface area contributed by atoms with Crippen molar-refractivity contribution < 1.29 is 9.59 Å². The summed E-state index contributed by atoms with van der Waals surface area (Å²) in [4.78, 5) is 23.3. The summed E-state index contributed by atoms with van der Waals surface area (Å²) in [6.45, 7) is 3.40. The van der Waals surface area contributed by atoms with Crippen molar-refractivity contribution in [3.8, 4) is 0 Å². The van der Waals surface area contributed by atoms with Crippen molar-refractivity contribution in [1.29, 1.82) is 0 Å². The van der Waals surface area contributed by atoms with Crippen LogP contribution in [0.3, 0.4) is 0 Å². The van der Waals surface area contributed by atoms with Crippen LogP contribution in [0.5, 0.6) is 0 Å². The molecule has 0 saturated carbocycles. The van der Waals surface area contributed by atoms with Gasteiger partial charge in [0.05, 0.1) is 6.20 Å². The molecule has 0 aliphatic rings. The van der Waals surface area contributed by atoms with Crippen LogP contribution in [-0.2, 0) is 18.3 Å². The van der Waals surface area contributed by atoms with Gasteiger partial charge in [-0.15, -0.1) is 0 Å². The molecule has 0 atom stereocenters. The number of hydrogen-bond donors (Lipinski definition) is 1. The molecule has 0 unspecified atom stereocenters. The highest BCUT2D eigenvalue weighted by atomic mass is 16.1. The summed E-state index contributed by atoms with van der Waals surface area (Å²) in [5.74, 6) is -0.0178. The molecule has 1 aromatic carbocycles. The van der Waals surface area contributed by atoms with Gasteiger partial charge in [-0.2, -0.15) is 5.10 Å². The van der Waals surface area contributed by atoms with E-state index in [1.54, 1.807) is 23.0 Å². The predicted octanol–water partition coefficient (Wildman–Crippen LogP) is 2.50. The van der Waals surface area contributed by atoms with Crippen LogP contribution in [-0.4, -0.2) is 21.5 Å². The highest BCUT2D eigenvalue weighted by molar-refractivity contribution is 5.97. The van der Waals surface area contributed by atoms with Gasteiger partial charge >= 0.3 is 0 Å². The topological polar surface area (TPSA) is 64.0 Å². The summed E-state index contributed by atoms with van der Waals surface area (Å²) >= 11 is 0. The van der Waals surface area contributed by atoms with E-state index in [1.165, 1.54) is 6.92 Å². The smallest absolute Gasteiger partial charge is 0.224 e. The van der Waals surface area contributed by atoms with Crippen molar-refractivity contribution in [1.82, 2.24) is 9.78 Å². The molecule has 1 N–H and O–H groups in total. The van der Waals surface area contributed by atoms with Gasteiger partial charge in [0.15, 0.2) is 5.78 Å². The maximum atomic E-state index is 11.9. The molecule has 21 heavy (non-hydrogen) atoms. The Morgan fingerprint density at radius 1 is 1.33 bits per heavy atom. The van der Waals surface area contributed by atoms with E-state index in [1.807, 2.05) is 26.2 Å². The van der Waals surface area contributed by atoms with Crippen molar-refractivity contribution in [2.75, 3.05) is 5.32 Å². The Kier molecular flexibility index (Phi) is 4.52. The lowest BCUT2D eigenvalue weighted by molar-refractivity contribution is -0.116. The van der Waals surface area contributed by atoms with E-state index in [0.29, 0.717) is 24.1 Å². The monoisotopic (exact) mass is 285 g/mol. The SMILES string of the molecule is CC(=O)c1ccc(NC(=O)CCc2cnn(C)c2)cc1C. The van der Waals surface area contributed by atoms with Crippen LogP contribution >= 0.6 is 0 Å². The average Bonchev–Trinajstić information content (AvgIpc) is 2.82. The molecule has 0 fully saturated rings. The van der Waals surface area contributed by atoms with Crippen molar-refractivity contribution >= 4 is 17.4 Å². The Hall–Kier alpha value is -2.43. The minimum atomic E-state index is -0.0474. The number of aromatic nitrogens is 2. The second-order valence-corrected chi connectivity index (χ2v) is 5.16. The minimum Gasteiger partial charge on any atom is -0.326 e. The lowest BCUT2D eigenvalue weighted by atomic mass is 10.0. The molecular formula is C16H19N3O2. The summed E-state index contributed by atoms with van der Waals surface area (Å²) in [5.41, 5.74) is 3.31. The molecule has 0 saturated heterocycles. The molecule has 2 aromatic rings. The third kappa shape index (κ3) is 4.02. The molecule has 5 heteroatoms.